The van der Waals surface area contributed by atoms with Gasteiger partial charge in [0.05, 0.1) is 12.0 Å². The Balaban J connectivity index is 1.68. The smallest absolute Gasteiger partial charge is 0.263 e. The molecule has 1 aromatic carbocycles. The van der Waals surface area contributed by atoms with Crippen molar-refractivity contribution in [2.24, 2.45) is 5.92 Å². The molecule has 27 heavy (non-hydrogen) atoms. The van der Waals surface area contributed by atoms with E-state index in [1.807, 2.05) is 49.1 Å². The highest BCUT2D eigenvalue weighted by molar-refractivity contribution is 7.14. The van der Waals surface area contributed by atoms with E-state index in [-0.39, 0.29) is 17.7 Å². The van der Waals surface area contributed by atoms with Gasteiger partial charge in [-0.15, -0.1) is 11.3 Å². The number of nitrogens with zero attached hydrogens (tertiary/aromatic N) is 1. The van der Waals surface area contributed by atoms with E-state index < -0.39 is 0 Å². The second-order valence-corrected chi connectivity index (χ2v) is 7.83. The van der Waals surface area contributed by atoms with Crippen LogP contribution in [0.3, 0.4) is 0 Å². The Morgan fingerprint density at radius 1 is 1.26 bits per heavy atom. The van der Waals surface area contributed by atoms with Crippen LogP contribution in [-0.4, -0.2) is 36.9 Å². The van der Waals surface area contributed by atoms with Gasteiger partial charge in [0.15, 0.2) is 0 Å². The Hall–Kier alpha value is -2.34. The zero-order valence-electron chi connectivity index (χ0n) is 16.1. The van der Waals surface area contributed by atoms with Crippen LogP contribution in [0, 0.1) is 5.92 Å². The van der Waals surface area contributed by atoms with Gasteiger partial charge < -0.3 is 15.0 Å². The summed E-state index contributed by atoms with van der Waals surface area (Å²) in [5.74, 6) is 0.763. The molecule has 0 spiro atoms. The maximum atomic E-state index is 12.7. The second kappa shape index (κ2) is 8.57. The SMILES string of the molecule is CCN(CC)C(=O)c1cc2c(s1)CC[C@@H](C(=O)Nc1cccc(OC)c1)C2. The maximum Gasteiger partial charge on any atom is 0.263 e. The van der Waals surface area contributed by atoms with Crippen molar-refractivity contribution in [2.75, 3.05) is 25.5 Å². The lowest BCUT2D eigenvalue weighted by atomic mass is 9.87. The summed E-state index contributed by atoms with van der Waals surface area (Å²) >= 11 is 1.59. The van der Waals surface area contributed by atoms with Crippen LogP contribution in [0.4, 0.5) is 5.69 Å². The molecule has 0 aliphatic heterocycles. The van der Waals surface area contributed by atoms with Crippen LogP contribution in [0.5, 0.6) is 5.75 Å². The van der Waals surface area contributed by atoms with E-state index in [9.17, 15) is 9.59 Å². The highest BCUT2D eigenvalue weighted by atomic mass is 32.1. The number of thiophene rings is 1. The van der Waals surface area contributed by atoms with Crippen molar-refractivity contribution in [1.82, 2.24) is 4.90 Å². The summed E-state index contributed by atoms with van der Waals surface area (Å²) in [6.07, 6.45) is 2.34. The van der Waals surface area contributed by atoms with Crippen LogP contribution in [0.1, 0.15) is 40.4 Å². The second-order valence-electron chi connectivity index (χ2n) is 6.70. The molecule has 3 rings (SSSR count). The van der Waals surface area contributed by atoms with E-state index in [0.29, 0.717) is 19.5 Å². The molecule has 1 aliphatic rings. The minimum atomic E-state index is -0.0743. The molecule has 0 bridgehead atoms. The van der Waals surface area contributed by atoms with Crippen LogP contribution >= 0.6 is 11.3 Å². The number of amides is 2. The Kier molecular flexibility index (Phi) is 6.16. The molecule has 5 nitrogen and oxygen atoms in total. The Bertz CT molecular complexity index is 827. The normalized spacial score (nSPS) is 15.7. The van der Waals surface area contributed by atoms with Crippen molar-refractivity contribution in [3.8, 4) is 5.75 Å². The number of benzene rings is 1. The zero-order chi connectivity index (χ0) is 19.4. The predicted octanol–water partition coefficient (Wildman–Crippen LogP) is 3.98. The molecule has 0 radical (unpaired) electrons. The third-order valence-corrected chi connectivity index (χ3v) is 6.28. The number of nitrogens with one attached hydrogen (secondary N) is 1. The molecule has 0 fully saturated rings. The van der Waals surface area contributed by atoms with Crippen LogP contribution in [-0.2, 0) is 17.6 Å². The van der Waals surface area contributed by atoms with E-state index in [1.54, 1.807) is 18.4 Å². The lowest BCUT2D eigenvalue weighted by Crippen LogP contribution is -2.29. The van der Waals surface area contributed by atoms with Gasteiger partial charge in [0.2, 0.25) is 5.91 Å². The number of aryl methyl sites for hydroxylation is 1. The number of fused-ring (bicyclic) bond motifs is 1. The first-order valence-corrected chi connectivity index (χ1v) is 10.2. The highest BCUT2D eigenvalue weighted by Crippen LogP contribution is 2.33. The zero-order valence-corrected chi connectivity index (χ0v) is 16.9. The van der Waals surface area contributed by atoms with Gasteiger partial charge in [-0.1, -0.05) is 6.07 Å². The number of carbonyl (C=O) groups is 2. The van der Waals surface area contributed by atoms with Gasteiger partial charge >= 0.3 is 0 Å². The molecule has 6 heteroatoms. The molecule has 1 aromatic heterocycles. The highest BCUT2D eigenvalue weighted by Gasteiger charge is 2.28. The summed E-state index contributed by atoms with van der Waals surface area (Å²) in [6.45, 7) is 5.41. The molecular weight excluding hydrogens is 360 g/mol. The predicted molar refractivity (Wildman–Crippen MR) is 109 cm³/mol. The van der Waals surface area contributed by atoms with E-state index in [0.717, 1.165) is 34.7 Å². The average molecular weight is 387 g/mol. The number of rotatable bonds is 6. The van der Waals surface area contributed by atoms with Gasteiger partial charge in [-0.25, -0.2) is 0 Å². The van der Waals surface area contributed by atoms with Gasteiger partial charge in [0.25, 0.3) is 5.91 Å². The molecule has 144 valence electrons. The number of hydrogen-bond donors (Lipinski definition) is 1. The van der Waals surface area contributed by atoms with Gasteiger partial charge in [-0.05, 0) is 56.9 Å². The van der Waals surface area contributed by atoms with Gasteiger partial charge in [0.1, 0.15) is 5.75 Å². The Morgan fingerprint density at radius 3 is 2.74 bits per heavy atom. The number of ether oxygens (including phenoxy) is 1. The first-order chi connectivity index (χ1) is 13.0. The monoisotopic (exact) mass is 386 g/mol. The van der Waals surface area contributed by atoms with Crippen LogP contribution in [0.25, 0.3) is 0 Å². The first kappa shape index (κ1) is 19.4. The Morgan fingerprint density at radius 2 is 2.04 bits per heavy atom. The standard InChI is InChI=1S/C21H26N2O3S/c1-4-23(5-2)21(25)19-12-15-11-14(9-10-18(15)27-19)20(24)22-16-7-6-8-17(13-16)26-3/h6-8,12-14H,4-5,9-11H2,1-3H3,(H,22,24)/t14-/m1/s1. The van der Waals surface area contributed by atoms with Gasteiger partial charge in [0, 0.05) is 35.6 Å². The minimum absolute atomic E-state index is 0.0247. The summed E-state index contributed by atoms with van der Waals surface area (Å²) in [7, 11) is 1.61. The number of hydrogen-bond acceptors (Lipinski definition) is 4. The summed E-state index contributed by atoms with van der Waals surface area (Å²) in [6, 6.07) is 9.38. The lowest BCUT2D eigenvalue weighted by Gasteiger charge is -2.21. The van der Waals surface area contributed by atoms with E-state index in [2.05, 4.69) is 5.32 Å². The molecule has 0 saturated heterocycles. The topological polar surface area (TPSA) is 58.6 Å². The van der Waals surface area contributed by atoms with Crippen LogP contribution < -0.4 is 10.1 Å². The molecule has 1 atom stereocenters. The minimum Gasteiger partial charge on any atom is -0.497 e. The fourth-order valence-corrected chi connectivity index (χ4v) is 4.64. The van der Waals surface area contributed by atoms with Crippen molar-refractivity contribution in [3.05, 3.63) is 45.6 Å². The van der Waals surface area contributed by atoms with Gasteiger partial charge in [-0.3, -0.25) is 9.59 Å². The van der Waals surface area contributed by atoms with E-state index in [4.69, 9.17) is 4.74 Å². The Labute approximate surface area is 164 Å². The average Bonchev–Trinajstić information content (AvgIpc) is 3.12. The summed E-state index contributed by atoms with van der Waals surface area (Å²) < 4.78 is 5.21. The number of carbonyl (C=O) groups excluding carboxylic acids is 2. The largest absolute Gasteiger partial charge is 0.497 e. The lowest BCUT2D eigenvalue weighted by molar-refractivity contribution is -0.120. The first-order valence-electron chi connectivity index (χ1n) is 9.41. The molecule has 1 heterocycles. The molecule has 1 N–H and O–H groups in total. The fourth-order valence-electron chi connectivity index (χ4n) is 3.46. The molecular formula is C21H26N2O3S. The van der Waals surface area contributed by atoms with E-state index >= 15 is 0 Å². The fraction of sp³-hybridized carbons (Fsp3) is 0.429. The van der Waals surface area contributed by atoms with Crippen molar-refractivity contribution in [1.29, 1.82) is 0 Å². The molecule has 2 aromatic rings. The van der Waals surface area contributed by atoms with Crippen LogP contribution in [0.15, 0.2) is 30.3 Å². The number of methoxy groups -OCH3 is 1. The summed E-state index contributed by atoms with van der Waals surface area (Å²) in [5.41, 5.74) is 1.89. The quantitative estimate of drug-likeness (QED) is 0.817. The maximum absolute atomic E-state index is 12.7. The van der Waals surface area contributed by atoms with Crippen molar-refractivity contribution in [2.45, 2.75) is 33.1 Å². The third kappa shape index (κ3) is 4.33. The summed E-state index contributed by atoms with van der Waals surface area (Å²) in [5, 5.41) is 2.99. The summed E-state index contributed by atoms with van der Waals surface area (Å²) in [4.78, 5) is 29.2. The molecule has 0 unspecified atom stereocenters. The van der Waals surface area contributed by atoms with E-state index in [1.165, 1.54) is 4.88 Å². The molecule has 2 amide bonds. The van der Waals surface area contributed by atoms with Crippen LogP contribution in [0.2, 0.25) is 0 Å². The molecule has 0 saturated carbocycles. The van der Waals surface area contributed by atoms with Crippen molar-refractivity contribution < 1.29 is 14.3 Å². The van der Waals surface area contributed by atoms with Gasteiger partial charge in [-0.2, -0.15) is 0 Å². The third-order valence-electron chi connectivity index (χ3n) is 5.05. The number of anilines is 1. The van der Waals surface area contributed by atoms with Crippen molar-refractivity contribution in [3.63, 3.8) is 0 Å². The molecule has 1 aliphatic carbocycles. The van der Waals surface area contributed by atoms with Crippen molar-refractivity contribution >= 4 is 28.8 Å².